The Balaban J connectivity index is 1.28. The van der Waals surface area contributed by atoms with E-state index in [4.69, 9.17) is 0 Å². The lowest BCUT2D eigenvalue weighted by molar-refractivity contribution is -0.0266. The third-order valence-electron chi connectivity index (χ3n) is 6.14. The average Bonchev–Trinajstić information content (AvgIpc) is 3.44. The highest BCUT2D eigenvalue weighted by Crippen LogP contribution is 2.37. The molecule has 6 rings (SSSR count). The zero-order valence-corrected chi connectivity index (χ0v) is 20.3. The summed E-state index contributed by atoms with van der Waals surface area (Å²) in [4.78, 5) is 14.7. The van der Waals surface area contributed by atoms with Crippen molar-refractivity contribution in [1.29, 1.82) is 0 Å². The van der Waals surface area contributed by atoms with Crippen LogP contribution in [0.25, 0.3) is 22.3 Å². The zero-order chi connectivity index (χ0) is 25.2. The van der Waals surface area contributed by atoms with Gasteiger partial charge in [-0.25, -0.2) is 32.2 Å². The quantitative estimate of drug-likeness (QED) is 0.395. The van der Waals surface area contributed by atoms with Gasteiger partial charge in [-0.3, -0.25) is 4.68 Å². The van der Waals surface area contributed by atoms with Crippen LogP contribution in [0.3, 0.4) is 0 Å². The van der Waals surface area contributed by atoms with Crippen molar-refractivity contribution >= 4 is 38.4 Å². The second kappa shape index (κ2) is 7.91. The van der Waals surface area contributed by atoms with E-state index >= 15 is 0 Å². The molecule has 2 fully saturated rings. The lowest BCUT2D eigenvalue weighted by Gasteiger charge is -2.39. The number of anilines is 3. The Hall–Kier alpha value is -3.68. The van der Waals surface area contributed by atoms with E-state index in [-0.39, 0.29) is 24.4 Å². The number of hydrogen-bond donors (Lipinski definition) is 1. The highest BCUT2D eigenvalue weighted by molar-refractivity contribution is 7.90. The van der Waals surface area contributed by atoms with Crippen molar-refractivity contribution in [3.63, 3.8) is 0 Å². The number of halogens is 2. The minimum atomic E-state index is -3.48. The zero-order valence-electron chi connectivity index (χ0n) is 19.5. The van der Waals surface area contributed by atoms with Gasteiger partial charge in [-0.1, -0.05) is 0 Å². The summed E-state index contributed by atoms with van der Waals surface area (Å²) < 4.78 is 54.5. The molecule has 1 saturated carbocycles. The van der Waals surface area contributed by atoms with Crippen LogP contribution in [0.1, 0.15) is 32.7 Å². The van der Waals surface area contributed by atoms with E-state index in [0.717, 1.165) is 9.60 Å². The largest absolute Gasteiger partial charge is 0.342 e. The topological polar surface area (TPSA) is 124 Å². The molecular formula is C22H23F2N9O2S. The predicted octanol–water partition coefficient (Wildman–Crippen LogP) is 3.20. The second-order valence-electron chi connectivity index (χ2n) is 9.40. The van der Waals surface area contributed by atoms with Crippen LogP contribution in [0.2, 0.25) is 0 Å². The highest BCUT2D eigenvalue weighted by Gasteiger charge is 2.45. The van der Waals surface area contributed by atoms with Crippen LogP contribution in [0.5, 0.6) is 0 Å². The van der Waals surface area contributed by atoms with Crippen molar-refractivity contribution < 1.29 is 17.2 Å². The fraction of sp³-hybridized carbons (Fsp3) is 0.409. The Morgan fingerprint density at radius 2 is 1.92 bits per heavy atom. The molecule has 0 radical (unpaired) electrons. The number of fused-ring (bicyclic) bond motifs is 1. The molecule has 36 heavy (non-hydrogen) atoms. The molecule has 1 aliphatic heterocycles. The van der Waals surface area contributed by atoms with Crippen molar-refractivity contribution in [3.05, 3.63) is 36.9 Å². The van der Waals surface area contributed by atoms with Crippen LogP contribution in [0, 0.1) is 0 Å². The fourth-order valence-corrected chi connectivity index (χ4v) is 5.63. The number of aromatic nitrogens is 7. The molecular weight excluding hydrogens is 492 g/mol. The molecule has 11 nitrogen and oxygen atoms in total. The van der Waals surface area contributed by atoms with Gasteiger partial charge >= 0.3 is 0 Å². The molecule has 1 aliphatic carbocycles. The van der Waals surface area contributed by atoms with E-state index in [1.165, 1.54) is 12.4 Å². The van der Waals surface area contributed by atoms with E-state index in [1.54, 1.807) is 34.1 Å². The molecule has 4 aromatic heterocycles. The number of nitrogens with one attached hydrogen (secondary N) is 1. The fourth-order valence-electron chi connectivity index (χ4n) is 4.15. The van der Waals surface area contributed by atoms with Gasteiger partial charge in [0, 0.05) is 24.5 Å². The standard InChI is InChI=1S/C22H23F2N9O2S/c1-13(2)33-17-7-19(26-9-16(17)21(30-33)31-11-22(23,24)12-31)28-18-5-6-25-20(29-18)14-8-27-32(10-14)36(34,35)15-3-4-15/h5-10,13,15H,3-4,11-12H2,1-2H3,(H,25,26,28,29). The van der Waals surface area contributed by atoms with Gasteiger partial charge in [-0.05, 0) is 32.8 Å². The minimum absolute atomic E-state index is 0.00685. The van der Waals surface area contributed by atoms with Crippen LogP contribution in [-0.2, 0) is 10.0 Å². The molecule has 5 heterocycles. The average molecular weight is 516 g/mol. The summed E-state index contributed by atoms with van der Waals surface area (Å²) in [5, 5.41) is 12.0. The predicted molar refractivity (Wildman–Crippen MR) is 129 cm³/mol. The third kappa shape index (κ3) is 3.94. The molecule has 14 heteroatoms. The van der Waals surface area contributed by atoms with E-state index in [2.05, 4.69) is 30.5 Å². The Morgan fingerprint density at radius 3 is 2.61 bits per heavy atom. The molecule has 0 aromatic carbocycles. The van der Waals surface area contributed by atoms with Crippen molar-refractivity contribution in [2.75, 3.05) is 23.3 Å². The second-order valence-corrected chi connectivity index (χ2v) is 11.5. The Bertz CT molecular complexity index is 1570. The van der Waals surface area contributed by atoms with Gasteiger partial charge in [0.25, 0.3) is 15.9 Å². The summed E-state index contributed by atoms with van der Waals surface area (Å²) in [7, 11) is -3.48. The molecule has 0 spiro atoms. The summed E-state index contributed by atoms with van der Waals surface area (Å²) in [6, 6.07) is 3.47. The number of alkyl halides is 2. The van der Waals surface area contributed by atoms with Gasteiger partial charge in [0.15, 0.2) is 11.6 Å². The van der Waals surface area contributed by atoms with Gasteiger partial charge < -0.3 is 10.2 Å². The number of pyridine rings is 1. The van der Waals surface area contributed by atoms with Gasteiger partial charge in [-0.15, -0.1) is 0 Å². The first kappa shape index (κ1) is 22.8. The molecule has 0 bridgehead atoms. The summed E-state index contributed by atoms with van der Waals surface area (Å²) >= 11 is 0. The Kier molecular flexibility index (Phi) is 5.00. The maximum absolute atomic E-state index is 13.4. The van der Waals surface area contributed by atoms with Gasteiger partial charge in [0.2, 0.25) is 0 Å². The first-order valence-corrected chi connectivity index (χ1v) is 13.0. The van der Waals surface area contributed by atoms with Crippen LogP contribution in [0.4, 0.5) is 26.2 Å². The summed E-state index contributed by atoms with van der Waals surface area (Å²) in [5.74, 6) is -0.964. The highest BCUT2D eigenvalue weighted by atomic mass is 32.2. The molecule has 4 aromatic rings. The monoisotopic (exact) mass is 515 g/mol. The van der Waals surface area contributed by atoms with E-state index in [0.29, 0.717) is 47.1 Å². The minimum Gasteiger partial charge on any atom is -0.342 e. The Morgan fingerprint density at radius 1 is 1.14 bits per heavy atom. The number of hydrogen-bond acceptors (Lipinski definition) is 9. The molecule has 0 unspecified atom stereocenters. The van der Waals surface area contributed by atoms with Crippen LogP contribution < -0.4 is 10.2 Å². The first-order chi connectivity index (χ1) is 17.1. The molecule has 0 amide bonds. The number of nitrogens with zero attached hydrogens (tertiary/aromatic N) is 8. The molecule has 1 N–H and O–H groups in total. The Labute approximate surface area is 205 Å². The van der Waals surface area contributed by atoms with Crippen molar-refractivity contribution in [3.8, 4) is 11.4 Å². The van der Waals surface area contributed by atoms with Crippen molar-refractivity contribution in [1.82, 2.24) is 33.9 Å². The van der Waals surface area contributed by atoms with E-state index in [1.807, 2.05) is 13.8 Å². The van der Waals surface area contributed by atoms with Crippen molar-refractivity contribution in [2.24, 2.45) is 0 Å². The summed E-state index contributed by atoms with van der Waals surface area (Å²) in [6.07, 6.45) is 7.30. The first-order valence-electron chi connectivity index (χ1n) is 11.5. The molecule has 1 saturated heterocycles. The third-order valence-corrected chi connectivity index (χ3v) is 8.18. The van der Waals surface area contributed by atoms with Crippen LogP contribution >= 0.6 is 0 Å². The van der Waals surface area contributed by atoms with Gasteiger partial charge in [-0.2, -0.15) is 14.3 Å². The summed E-state index contributed by atoms with van der Waals surface area (Å²) in [5.41, 5.74) is 1.23. The summed E-state index contributed by atoms with van der Waals surface area (Å²) in [6.45, 7) is 3.21. The van der Waals surface area contributed by atoms with Crippen LogP contribution in [0.15, 0.2) is 36.9 Å². The molecule has 188 valence electrons. The number of rotatable bonds is 7. The van der Waals surface area contributed by atoms with Gasteiger partial charge in [0.05, 0.1) is 47.2 Å². The normalized spacial score (nSPS) is 17.5. The van der Waals surface area contributed by atoms with E-state index in [9.17, 15) is 17.2 Å². The SMILES string of the molecule is CC(C)n1nc(N2CC(F)(F)C2)c2cnc(Nc3ccnc(-c4cnn(S(=O)(=O)C5CC5)c4)n3)cc21. The lowest BCUT2D eigenvalue weighted by atomic mass is 10.1. The maximum Gasteiger partial charge on any atom is 0.282 e. The lowest BCUT2D eigenvalue weighted by Crippen LogP contribution is -2.56. The smallest absolute Gasteiger partial charge is 0.282 e. The van der Waals surface area contributed by atoms with Crippen molar-refractivity contribution in [2.45, 2.75) is 43.9 Å². The van der Waals surface area contributed by atoms with E-state index < -0.39 is 15.9 Å². The molecule has 2 aliphatic rings. The molecule has 0 atom stereocenters. The maximum atomic E-state index is 13.4. The van der Waals surface area contributed by atoms with Gasteiger partial charge in [0.1, 0.15) is 11.6 Å². The van der Waals surface area contributed by atoms with Crippen LogP contribution in [-0.4, -0.2) is 66.6 Å².